The summed E-state index contributed by atoms with van der Waals surface area (Å²) in [6, 6.07) is 7.46. The largest absolute Gasteiger partial charge is 0.431 e. The average Bonchev–Trinajstić information content (AvgIpc) is 2.90. The molecule has 0 fully saturated rings. The summed E-state index contributed by atoms with van der Waals surface area (Å²) < 4.78 is 7.29. The number of hydrogen-bond acceptors (Lipinski definition) is 6. The smallest absolute Gasteiger partial charge is 0.263 e. The van der Waals surface area contributed by atoms with Crippen molar-refractivity contribution in [2.45, 2.75) is 17.2 Å². The molecule has 2 N–H and O–H groups in total. The number of aryl methyl sites for hydroxylation is 2. The monoisotopic (exact) mass is 285 g/mol. The molecule has 100 valence electrons. The fourth-order valence-electron chi connectivity index (χ4n) is 1.93. The topological polar surface area (TPSA) is 93.7 Å². The van der Waals surface area contributed by atoms with E-state index in [1.165, 1.54) is 11.8 Å². The van der Waals surface area contributed by atoms with Gasteiger partial charge in [-0.15, -0.1) is 0 Å². The van der Waals surface area contributed by atoms with Crippen molar-refractivity contribution in [1.82, 2.24) is 14.8 Å². The van der Waals surface area contributed by atoms with E-state index in [1.807, 2.05) is 0 Å². The fourth-order valence-corrected chi connectivity index (χ4v) is 2.84. The van der Waals surface area contributed by atoms with Crippen molar-refractivity contribution in [2.24, 2.45) is 7.05 Å². The summed E-state index contributed by atoms with van der Waals surface area (Å²) in [7, 11) is 1.79. The van der Waals surface area contributed by atoms with Gasteiger partial charge in [0, 0.05) is 18.8 Å². The lowest BCUT2D eigenvalue weighted by molar-refractivity contribution is 0.488. The molecule has 0 aliphatic rings. The molecule has 0 saturated carbocycles. The Bertz CT molecular complexity index is 842. The first kappa shape index (κ1) is 12.6. The third-order valence-corrected chi connectivity index (χ3v) is 3.87. The van der Waals surface area contributed by atoms with E-state index in [9.17, 15) is 5.26 Å². The standard InChI is InChI=1S/C13H11N5OS/c1-7-9(6-14)12(18(2)17-7)20-13-16-10-4-3-8(15)5-11(10)19-13/h3-5H,15H2,1-2H3. The van der Waals surface area contributed by atoms with E-state index in [-0.39, 0.29) is 0 Å². The van der Waals surface area contributed by atoms with Crippen LogP contribution < -0.4 is 5.73 Å². The van der Waals surface area contributed by atoms with Crippen molar-refractivity contribution >= 4 is 28.5 Å². The Balaban J connectivity index is 2.03. The minimum Gasteiger partial charge on any atom is -0.431 e. The zero-order chi connectivity index (χ0) is 14.3. The van der Waals surface area contributed by atoms with Crippen molar-refractivity contribution in [3.8, 4) is 6.07 Å². The van der Waals surface area contributed by atoms with Crippen LogP contribution in [-0.4, -0.2) is 14.8 Å². The lowest BCUT2D eigenvalue weighted by Crippen LogP contribution is -1.92. The maximum absolute atomic E-state index is 9.18. The second-order valence-corrected chi connectivity index (χ2v) is 5.25. The fraction of sp³-hybridized carbons (Fsp3) is 0.154. The minimum atomic E-state index is 0.463. The van der Waals surface area contributed by atoms with E-state index in [1.54, 1.807) is 36.9 Å². The van der Waals surface area contributed by atoms with E-state index in [0.29, 0.717) is 32.8 Å². The predicted molar refractivity (Wildman–Crippen MR) is 75.2 cm³/mol. The number of nitrogens with two attached hydrogens (primary N) is 1. The van der Waals surface area contributed by atoms with Gasteiger partial charge >= 0.3 is 0 Å². The summed E-state index contributed by atoms with van der Waals surface area (Å²) in [5.41, 5.74) is 8.93. The van der Waals surface area contributed by atoms with Crippen molar-refractivity contribution in [1.29, 1.82) is 5.26 Å². The Morgan fingerprint density at radius 3 is 3.00 bits per heavy atom. The second kappa shape index (κ2) is 4.58. The Kier molecular flexibility index (Phi) is 2.88. The number of hydrogen-bond donors (Lipinski definition) is 1. The van der Waals surface area contributed by atoms with Crippen LogP contribution in [0.5, 0.6) is 0 Å². The summed E-state index contributed by atoms with van der Waals surface area (Å²) in [6.45, 7) is 1.80. The molecule has 0 radical (unpaired) electrons. The van der Waals surface area contributed by atoms with Crippen LogP contribution in [0.1, 0.15) is 11.3 Å². The number of anilines is 1. The van der Waals surface area contributed by atoms with E-state index < -0.39 is 0 Å². The summed E-state index contributed by atoms with van der Waals surface area (Å²) in [4.78, 5) is 4.37. The Morgan fingerprint density at radius 2 is 2.25 bits per heavy atom. The number of aromatic nitrogens is 3. The van der Waals surface area contributed by atoms with E-state index >= 15 is 0 Å². The van der Waals surface area contributed by atoms with Gasteiger partial charge in [-0.2, -0.15) is 10.4 Å². The zero-order valence-corrected chi connectivity index (χ0v) is 11.7. The number of nitrogens with zero attached hydrogens (tertiary/aromatic N) is 4. The number of nitrogen functional groups attached to an aromatic ring is 1. The first-order valence-electron chi connectivity index (χ1n) is 5.86. The molecule has 0 unspecified atom stereocenters. The third-order valence-electron chi connectivity index (χ3n) is 2.86. The van der Waals surface area contributed by atoms with Gasteiger partial charge in [0.1, 0.15) is 22.2 Å². The van der Waals surface area contributed by atoms with Gasteiger partial charge in [0.05, 0.1) is 5.69 Å². The van der Waals surface area contributed by atoms with Gasteiger partial charge in [-0.1, -0.05) is 0 Å². The van der Waals surface area contributed by atoms with Gasteiger partial charge in [-0.3, -0.25) is 4.68 Å². The van der Waals surface area contributed by atoms with Gasteiger partial charge in [-0.05, 0) is 30.8 Å². The number of nitriles is 1. The summed E-state index contributed by atoms with van der Waals surface area (Å²) >= 11 is 1.28. The lowest BCUT2D eigenvalue weighted by Gasteiger charge is -1.97. The molecule has 0 spiro atoms. The molecule has 7 heteroatoms. The average molecular weight is 285 g/mol. The summed E-state index contributed by atoms with van der Waals surface area (Å²) in [5.74, 6) is 0. The van der Waals surface area contributed by atoms with E-state index in [2.05, 4.69) is 16.2 Å². The van der Waals surface area contributed by atoms with Crippen molar-refractivity contribution in [3.63, 3.8) is 0 Å². The third kappa shape index (κ3) is 2.00. The number of oxazole rings is 1. The van der Waals surface area contributed by atoms with Gasteiger partial charge in [0.2, 0.25) is 0 Å². The molecule has 1 aromatic carbocycles. The van der Waals surface area contributed by atoms with Gasteiger partial charge < -0.3 is 10.2 Å². The number of benzene rings is 1. The molecular weight excluding hydrogens is 274 g/mol. The van der Waals surface area contributed by atoms with Crippen LogP contribution in [0.25, 0.3) is 11.1 Å². The van der Waals surface area contributed by atoms with Crippen LogP contribution in [0.2, 0.25) is 0 Å². The maximum atomic E-state index is 9.18. The molecule has 0 saturated heterocycles. The zero-order valence-electron chi connectivity index (χ0n) is 10.9. The highest BCUT2D eigenvalue weighted by molar-refractivity contribution is 7.99. The molecular formula is C13H11N5OS. The molecule has 0 aliphatic carbocycles. The lowest BCUT2D eigenvalue weighted by atomic mass is 10.3. The van der Waals surface area contributed by atoms with Crippen molar-refractivity contribution in [2.75, 3.05) is 5.73 Å². The molecule has 20 heavy (non-hydrogen) atoms. The highest BCUT2D eigenvalue weighted by Crippen LogP contribution is 2.33. The molecule has 0 amide bonds. The predicted octanol–water partition coefficient (Wildman–Crippen LogP) is 2.47. The Morgan fingerprint density at radius 1 is 1.45 bits per heavy atom. The maximum Gasteiger partial charge on any atom is 0.263 e. The van der Waals surface area contributed by atoms with Crippen LogP contribution in [0.4, 0.5) is 5.69 Å². The number of fused-ring (bicyclic) bond motifs is 1. The number of rotatable bonds is 2. The second-order valence-electron chi connectivity index (χ2n) is 4.31. The van der Waals surface area contributed by atoms with Crippen LogP contribution in [0.15, 0.2) is 32.9 Å². The molecule has 0 bridgehead atoms. The minimum absolute atomic E-state index is 0.463. The van der Waals surface area contributed by atoms with E-state index in [4.69, 9.17) is 10.2 Å². The molecule has 3 aromatic rings. The molecule has 0 atom stereocenters. The highest BCUT2D eigenvalue weighted by Gasteiger charge is 2.17. The quantitative estimate of drug-likeness (QED) is 0.727. The molecule has 2 heterocycles. The van der Waals surface area contributed by atoms with Crippen molar-refractivity contribution < 1.29 is 4.42 Å². The molecule has 0 aliphatic heterocycles. The Labute approximate surface area is 119 Å². The first-order valence-corrected chi connectivity index (χ1v) is 6.67. The van der Waals surface area contributed by atoms with Gasteiger partial charge in [-0.25, -0.2) is 4.98 Å². The Hall–Kier alpha value is -2.46. The van der Waals surface area contributed by atoms with Crippen LogP contribution in [0.3, 0.4) is 0 Å². The van der Waals surface area contributed by atoms with Gasteiger partial charge in [0.15, 0.2) is 5.58 Å². The summed E-state index contributed by atoms with van der Waals surface area (Å²) in [6.07, 6.45) is 0. The normalized spacial score (nSPS) is 10.8. The first-order chi connectivity index (χ1) is 9.58. The molecule has 6 nitrogen and oxygen atoms in total. The molecule has 2 aromatic heterocycles. The van der Waals surface area contributed by atoms with Crippen LogP contribution in [-0.2, 0) is 7.05 Å². The van der Waals surface area contributed by atoms with E-state index in [0.717, 1.165) is 5.52 Å². The van der Waals surface area contributed by atoms with Gasteiger partial charge in [0.25, 0.3) is 5.22 Å². The summed E-state index contributed by atoms with van der Waals surface area (Å²) in [5, 5.41) is 14.6. The van der Waals surface area contributed by atoms with Crippen LogP contribution >= 0.6 is 11.8 Å². The highest BCUT2D eigenvalue weighted by atomic mass is 32.2. The van der Waals surface area contributed by atoms with Crippen LogP contribution in [0, 0.1) is 18.3 Å². The van der Waals surface area contributed by atoms with Crippen molar-refractivity contribution in [3.05, 3.63) is 29.5 Å². The molecule has 3 rings (SSSR count). The SMILES string of the molecule is Cc1nn(C)c(Sc2nc3ccc(N)cc3o2)c1C#N.